The molecule has 0 amide bonds. The van der Waals surface area contributed by atoms with Crippen molar-refractivity contribution in [3.63, 3.8) is 0 Å². The van der Waals surface area contributed by atoms with Gasteiger partial charge in [-0.1, -0.05) is 18.7 Å². The van der Waals surface area contributed by atoms with Gasteiger partial charge in [0, 0.05) is 29.9 Å². The van der Waals surface area contributed by atoms with Crippen molar-refractivity contribution in [2.45, 2.75) is 30.7 Å². The van der Waals surface area contributed by atoms with Gasteiger partial charge in [0.1, 0.15) is 5.82 Å². The smallest absolute Gasteiger partial charge is 0.276 e. The molecular weight excluding hydrogens is 285 g/mol. The lowest BCUT2D eigenvalue weighted by Gasteiger charge is -2.00. The maximum atomic E-state index is 13.6. The molecule has 8 heteroatoms. The largest absolute Gasteiger partial charge is 0.416 e. The van der Waals surface area contributed by atoms with Gasteiger partial charge >= 0.3 is 0 Å². The van der Waals surface area contributed by atoms with Crippen LogP contribution in [-0.4, -0.2) is 15.1 Å². The third-order valence-corrected chi connectivity index (χ3v) is 3.37. The average molecular weight is 297 g/mol. The topological polar surface area (TPSA) is 82.1 Å². The molecule has 0 spiro atoms. The summed E-state index contributed by atoms with van der Waals surface area (Å²) in [6, 6.07) is 3.44. The van der Waals surface area contributed by atoms with Crippen LogP contribution in [0.5, 0.6) is 0 Å². The minimum absolute atomic E-state index is 0.140. The standard InChI is InChI=1S/C12H12FN3O3S/c1-2-3-11-14-15-12(19-11)20-7-8-6-9(16(17)18)4-5-10(8)13/h4-6H,2-3,7H2,1H3. The highest BCUT2D eigenvalue weighted by Gasteiger charge is 2.13. The first-order valence-electron chi connectivity index (χ1n) is 5.98. The van der Waals surface area contributed by atoms with Gasteiger partial charge in [-0.25, -0.2) is 4.39 Å². The Morgan fingerprint density at radius 2 is 2.25 bits per heavy atom. The van der Waals surface area contributed by atoms with E-state index in [2.05, 4.69) is 10.2 Å². The quantitative estimate of drug-likeness (QED) is 0.462. The summed E-state index contributed by atoms with van der Waals surface area (Å²) < 4.78 is 18.9. The Morgan fingerprint density at radius 1 is 1.45 bits per heavy atom. The number of nitrogens with zero attached hydrogens (tertiary/aromatic N) is 3. The third-order valence-electron chi connectivity index (χ3n) is 2.50. The van der Waals surface area contributed by atoms with Crippen LogP contribution in [0.15, 0.2) is 27.8 Å². The molecule has 1 aromatic heterocycles. The number of nitro benzene ring substituents is 1. The number of aromatic nitrogens is 2. The highest BCUT2D eigenvalue weighted by Crippen LogP contribution is 2.25. The second kappa shape index (κ2) is 6.47. The van der Waals surface area contributed by atoms with Gasteiger partial charge in [0.25, 0.3) is 10.9 Å². The molecule has 0 aliphatic heterocycles. The Kier molecular flexibility index (Phi) is 4.67. The number of aryl methyl sites for hydroxylation is 1. The Balaban J connectivity index is 2.05. The minimum atomic E-state index is -0.556. The molecule has 0 radical (unpaired) electrons. The van der Waals surface area contributed by atoms with E-state index < -0.39 is 10.7 Å². The van der Waals surface area contributed by atoms with Crippen molar-refractivity contribution in [1.29, 1.82) is 0 Å². The molecule has 6 nitrogen and oxygen atoms in total. The van der Waals surface area contributed by atoms with Crippen LogP contribution in [0.25, 0.3) is 0 Å². The highest BCUT2D eigenvalue weighted by atomic mass is 32.2. The molecule has 0 atom stereocenters. The van der Waals surface area contributed by atoms with Gasteiger partial charge in [-0.05, 0) is 12.5 Å². The summed E-state index contributed by atoms with van der Waals surface area (Å²) in [6.07, 6.45) is 1.59. The SMILES string of the molecule is CCCc1nnc(SCc2cc([N+](=O)[O-])ccc2F)o1. The fourth-order valence-corrected chi connectivity index (χ4v) is 2.29. The second-order valence-electron chi connectivity index (χ2n) is 4.03. The fourth-order valence-electron chi connectivity index (χ4n) is 1.54. The van der Waals surface area contributed by atoms with Crippen LogP contribution in [0.4, 0.5) is 10.1 Å². The van der Waals surface area contributed by atoms with Crippen LogP contribution in [-0.2, 0) is 12.2 Å². The Hall–Kier alpha value is -1.96. The summed E-state index contributed by atoms with van der Waals surface area (Å²) in [5.41, 5.74) is 0.0960. The van der Waals surface area contributed by atoms with E-state index in [1.807, 2.05) is 6.92 Å². The molecule has 2 aromatic rings. The first-order valence-corrected chi connectivity index (χ1v) is 6.96. The third kappa shape index (κ3) is 3.53. The molecule has 0 bridgehead atoms. The number of rotatable bonds is 6. The first-order chi connectivity index (χ1) is 9.60. The van der Waals surface area contributed by atoms with Crippen LogP contribution in [0, 0.1) is 15.9 Å². The van der Waals surface area contributed by atoms with Crippen molar-refractivity contribution in [2.75, 3.05) is 0 Å². The fraction of sp³-hybridized carbons (Fsp3) is 0.333. The lowest BCUT2D eigenvalue weighted by Crippen LogP contribution is -1.93. The number of hydrogen-bond acceptors (Lipinski definition) is 6. The van der Waals surface area contributed by atoms with Crippen LogP contribution < -0.4 is 0 Å². The van der Waals surface area contributed by atoms with E-state index in [4.69, 9.17) is 4.42 Å². The van der Waals surface area contributed by atoms with Crippen molar-refractivity contribution in [1.82, 2.24) is 10.2 Å². The Bertz CT molecular complexity index is 618. The van der Waals surface area contributed by atoms with Gasteiger partial charge in [0.05, 0.1) is 4.92 Å². The molecule has 1 heterocycles. The lowest BCUT2D eigenvalue weighted by molar-refractivity contribution is -0.385. The van der Waals surface area contributed by atoms with E-state index in [9.17, 15) is 14.5 Å². The summed E-state index contributed by atoms with van der Waals surface area (Å²) in [7, 11) is 0. The van der Waals surface area contributed by atoms with E-state index in [-0.39, 0.29) is 17.0 Å². The molecule has 0 fully saturated rings. The number of nitro groups is 1. The molecule has 0 aliphatic rings. The average Bonchev–Trinajstić information content (AvgIpc) is 2.86. The zero-order chi connectivity index (χ0) is 14.5. The van der Waals surface area contributed by atoms with Gasteiger partial charge in [0.2, 0.25) is 5.89 Å². The van der Waals surface area contributed by atoms with E-state index in [0.717, 1.165) is 30.3 Å². The summed E-state index contributed by atoms with van der Waals surface area (Å²) >= 11 is 1.15. The predicted molar refractivity (Wildman–Crippen MR) is 70.9 cm³/mol. The van der Waals surface area contributed by atoms with Crippen LogP contribution in [0.3, 0.4) is 0 Å². The van der Waals surface area contributed by atoms with Crippen LogP contribution >= 0.6 is 11.8 Å². The van der Waals surface area contributed by atoms with Crippen molar-refractivity contribution in [2.24, 2.45) is 0 Å². The number of hydrogen-bond donors (Lipinski definition) is 0. The number of non-ortho nitro benzene ring substituents is 1. The maximum Gasteiger partial charge on any atom is 0.276 e. The molecule has 0 saturated heterocycles. The van der Waals surface area contributed by atoms with Gasteiger partial charge in [0.15, 0.2) is 0 Å². The van der Waals surface area contributed by atoms with Crippen molar-refractivity contribution in [3.8, 4) is 0 Å². The van der Waals surface area contributed by atoms with E-state index in [1.165, 1.54) is 6.07 Å². The van der Waals surface area contributed by atoms with Gasteiger partial charge in [-0.3, -0.25) is 10.1 Å². The Labute approximate surface area is 118 Å². The summed E-state index contributed by atoms with van der Waals surface area (Å²) in [6.45, 7) is 2.00. The summed E-state index contributed by atoms with van der Waals surface area (Å²) in [5, 5.41) is 18.7. The lowest BCUT2D eigenvalue weighted by atomic mass is 10.2. The van der Waals surface area contributed by atoms with E-state index in [1.54, 1.807) is 0 Å². The van der Waals surface area contributed by atoms with E-state index >= 15 is 0 Å². The molecule has 1 aromatic carbocycles. The monoisotopic (exact) mass is 297 g/mol. The molecule has 0 unspecified atom stereocenters. The van der Waals surface area contributed by atoms with Crippen LogP contribution in [0.1, 0.15) is 24.8 Å². The van der Waals surface area contributed by atoms with Crippen LogP contribution in [0.2, 0.25) is 0 Å². The highest BCUT2D eigenvalue weighted by molar-refractivity contribution is 7.98. The maximum absolute atomic E-state index is 13.6. The first kappa shape index (κ1) is 14.4. The zero-order valence-corrected chi connectivity index (χ0v) is 11.5. The van der Waals surface area contributed by atoms with Crippen molar-refractivity contribution < 1.29 is 13.7 Å². The van der Waals surface area contributed by atoms with E-state index in [0.29, 0.717) is 17.5 Å². The Morgan fingerprint density at radius 3 is 2.95 bits per heavy atom. The normalized spacial score (nSPS) is 10.7. The zero-order valence-electron chi connectivity index (χ0n) is 10.7. The molecule has 2 rings (SSSR count). The molecular formula is C12H12FN3O3S. The molecule has 0 N–H and O–H groups in total. The van der Waals surface area contributed by atoms with Gasteiger partial charge in [-0.15, -0.1) is 10.2 Å². The number of benzene rings is 1. The molecule has 0 saturated carbocycles. The molecule has 20 heavy (non-hydrogen) atoms. The second-order valence-corrected chi connectivity index (χ2v) is 4.96. The van der Waals surface area contributed by atoms with Crippen molar-refractivity contribution in [3.05, 3.63) is 45.6 Å². The number of halogens is 1. The summed E-state index contributed by atoms with van der Waals surface area (Å²) in [5.74, 6) is 0.243. The molecule has 106 valence electrons. The van der Waals surface area contributed by atoms with Gasteiger partial charge < -0.3 is 4.42 Å². The summed E-state index contributed by atoms with van der Waals surface area (Å²) in [4.78, 5) is 10.1. The number of thioether (sulfide) groups is 1. The minimum Gasteiger partial charge on any atom is -0.416 e. The van der Waals surface area contributed by atoms with Crippen molar-refractivity contribution >= 4 is 17.4 Å². The molecule has 0 aliphatic carbocycles. The predicted octanol–water partition coefficient (Wildman–Crippen LogP) is 3.36. The van der Waals surface area contributed by atoms with Gasteiger partial charge in [-0.2, -0.15) is 0 Å².